The molecule has 1 aliphatic rings. The molecule has 1 aromatic carbocycles. The second-order valence-electron chi connectivity index (χ2n) is 4.95. The number of carbonyl (C=O) groups is 2. The highest BCUT2D eigenvalue weighted by molar-refractivity contribution is 6.03. The summed E-state index contributed by atoms with van der Waals surface area (Å²) in [5.74, 6) is -0.591. The molecule has 19 heavy (non-hydrogen) atoms. The lowest BCUT2D eigenvalue weighted by Gasteiger charge is -2.22. The van der Waals surface area contributed by atoms with Crippen LogP contribution in [0, 0.1) is 0 Å². The molecular weight excluding hydrogens is 242 g/mol. The summed E-state index contributed by atoms with van der Waals surface area (Å²) < 4.78 is 0. The number of rotatable bonds is 4. The second-order valence-corrected chi connectivity index (χ2v) is 4.95. The molecule has 4 N–H and O–H groups in total. The first-order valence-electron chi connectivity index (χ1n) is 6.69. The normalized spacial score (nSPS) is 16.0. The van der Waals surface area contributed by atoms with E-state index < -0.39 is 5.91 Å². The van der Waals surface area contributed by atoms with Crippen molar-refractivity contribution < 1.29 is 14.5 Å². The van der Waals surface area contributed by atoms with Crippen LogP contribution in [0.15, 0.2) is 24.3 Å². The van der Waals surface area contributed by atoms with E-state index in [1.165, 1.54) is 24.2 Å². The summed E-state index contributed by atoms with van der Waals surface area (Å²) in [6, 6.07) is 6.82. The minimum absolute atomic E-state index is 0.0643. The van der Waals surface area contributed by atoms with Crippen molar-refractivity contribution in [2.75, 3.05) is 25.0 Å². The SMILES string of the molecule is NC(=O)c1ccccc1NC(=O)C[NH+]1CCCCC1. The summed E-state index contributed by atoms with van der Waals surface area (Å²) in [4.78, 5) is 24.5. The van der Waals surface area contributed by atoms with Crippen LogP contribution in [0.25, 0.3) is 0 Å². The van der Waals surface area contributed by atoms with Gasteiger partial charge in [-0.3, -0.25) is 9.59 Å². The number of hydrogen-bond donors (Lipinski definition) is 3. The summed E-state index contributed by atoms with van der Waals surface area (Å²) in [5, 5.41) is 2.78. The van der Waals surface area contributed by atoms with Crippen molar-refractivity contribution in [3.05, 3.63) is 29.8 Å². The predicted molar refractivity (Wildman–Crippen MR) is 73.0 cm³/mol. The molecule has 2 rings (SSSR count). The number of quaternary nitrogens is 1. The fourth-order valence-corrected chi connectivity index (χ4v) is 2.46. The van der Waals surface area contributed by atoms with Crippen molar-refractivity contribution in [2.45, 2.75) is 19.3 Å². The number of amides is 2. The highest BCUT2D eigenvalue weighted by Crippen LogP contribution is 2.13. The average molecular weight is 262 g/mol. The van der Waals surface area contributed by atoms with Crippen LogP contribution in [0.5, 0.6) is 0 Å². The number of primary amides is 1. The van der Waals surface area contributed by atoms with Crippen molar-refractivity contribution in [3.8, 4) is 0 Å². The zero-order valence-electron chi connectivity index (χ0n) is 10.9. The highest BCUT2D eigenvalue weighted by Gasteiger charge is 2.18. The number of piperidine rings is 1. The maximum absolute atomic E-state index is 12.0. The Morgan fingerprint density at radius 2 is 1.84 bits per heavy atom. The Morgan fingerprint density at radius 1 is 1.16 bits per heavy atom. The molecular formula is C14H20N3O2+. The molecule has 1 heterocycles. The number of para-hydroxylation sites is 1. The van der Waals surface area contributed by atoms with Crippen LogP contribution in [0.3, 0.4) is 0 Å². The Morgan fingerprint density at radius 3 is 2.53 bits per heavy atom. The number of hydrogen-bond acceptors (Lipinski definition) is 2. The van der Waals surface area contributed by atoms with Crippen LogP contribution < -0.4 is 16.0 Å². The van der Waals surface area contributed by atoms with E-state index >= 15 is 0 Å². The summed E-state index contributed by atoms with van der Waals surface area (Å²) in [6.45, 7) is 2.54. The van der Waals surface area contributed by atoms with Crippen LogP contribution >= 0.6 is 0 Å². The third kappa shape index (κ3) is 3.79. The highest BCUT2D eigenvalue weighted by atomic mass is 16.2. The molecule has 102 valence electrons. The fourth-order valence-electron chi connectivity index (χ4n) is 2.46. The number of carbonyl (C=O) groups excluding carboxylic acids is 2. The number of nitrogens with two attached hydrogens (primary N) is 1. The van der Waals surface area contributed by atoms with Crippen LogP contribution in [0.1, 0.15) is 29.6 Å². The van der Waals surface area contributed by atoms with E-state index in [2.05, 4.69) is 5.32 Å². The first-order valence-corrected chi connectivity index (χ1v) is 6.69. The van der Waals surface area contributed by atoms with Crippen LogP contribution in [-0.4, -0.2) is 31.4 Å². The molecule has 0 aromatic heterocycles. The molecule has 1 saturated heterocycles. The smallest absolute Gasteiger partial charge is 0.279 e. The van der Waals surface area contributed by atoms with Crippen molar-refractivity contribution in [2.24, 2.45) is 5.73 Å². The summed E-state index contributed by atoms with van der Waals surface area (Å²) in [6.07, 6.45) is 3.62. The van der Waals surface area contributed by atoms with E-state index in [4.69, 9.17) is 5.73 Å². The van der Waals surface area contributed by atoms with Gasteiger partial charge < -0.3 is 16.0 Å². The Balaban J connectivity index is 1.96. The van der Waals surface area contributed by atoms with Gasteiger partial charge in [0.15, 0.2) is 6.54 Å². The Labute approximate surface area is 112 Å². The summed E-state index contributed by atoms with van der Waals surface area (Å²) in [7, 11) is 0. The Bertz CT molecular complexity index is 468. The van der Waals surface area contributed by atoms with Gasteiger partial charge in [0.1, 0.15) is 0 Å². The van der Waals surface area contributed by atoms with Gasteiger partial charge in [-0.15, -0.1) is 0 Å². The van der Waals surface area contributed by atoms with Gasteiger partial charge in [0.2, 0.25) is 0 Å². The minimum atomic E-state index is -0.527. The minimum Gasteiger partial charge on any atom is -0.366 e. The molecule has 0 spiro atoms. The third-order valence-corrected chi connectivity index (χ3v) is 3.44. The number of benzene rings is 1. The van der Waals surface area contributed by atoms with E-state index in [9.17, 15) is 9.59 Å². The first-order chi connectivity index (χ1) is 9.16. The summed E-state index contributed by atoms with van der Waals surface area (Å²) in [5.41, 5.74) is 6.13. The first kappa shape index (κ1) is 13.5. The Kier molecular flexibility index (Phi) is 4.52. The van der Waals surface area contributed by atoms with Gasteiger partial charge in [-0.05, 0) is 31.4 Å². The van der Waals surface area contributed by atoms with Crippen molar-refractivity contribution >= 4 is 17.5 Å². The van der Waals surface area contributed by atoms with Crippen LogP contribution in [0.2, 0.25) is 0 Å². The predicted octanol–water partition coefficient (Wildman–Crippen LogP) is -0.207. The van der Waals surface area contributed by atoms with Gasteiger partial charge in [-0.2, -0.15) is 0 Å². The van der Waals surface area contributed by atoms with E-state index in [1.54, 1.807) is 24.3 Å². The van der Waals surface area contributed by atoms with Gasteiger partial charge >= 0.3 is 0 Å². The van der Waals surface area contributed by atoms with E-state index in [0.29, 0.717) is 17.8 Å². The van der Waals surface area contributed by atoms with Gasteiger partial charge in [0, 0.05) is 0 Å². The fraction of sp³-hybridized carbons (Fsp3) is 0.429. The van der Waals surface area contributed by atoms with Crippen LogP contribution in [0.4, 0.5) is 5.69 Å². The van der Waals surface area contributed by atoms with Gasteiger partial charge in [-0.25, -0.2) is 0 Å². The molecule has 0 aliphatic carbocycles. The third-order valence-electron chi connectivity index (χ3n) is 3.44. The molecule has 0 radical (unpaired) electrons. The largest absolute Gasteiger partial charge is 0.366 e. The average Bonchev–Trinajstić information content (AvgIpc) is 2.40. The number of nitrogens with one attached hydrogen (secondary N) is 2. The van der Waals surface area contributed by atoms with E-state index in [-0.39, 0.29) is 5.91 Å². The molecule has 0 unspecified atom stereocenters. The monoisotopic (exact) mass is 262 g/mol. The lowest BCUT2D eigenvalue weighted by Crippen LogP contribution is -3.13. The summed E-state index contributed by atoms with van der Waals surface area (Å²) >= 11 is 0. The molecule has 1 aromatic rings. The molecule has 0 bridgehead atoms. The number of anilines is 1. The van der Waals surface area contributed by atoms with Gasteiger partial charge in [-0.1, -0.05) is 12.1 Å². The lowest BCUT2D eigenvalue weighted by molar-refractivity contribution is -0.896. The maximum atomic E-state index is 12.0. The molecule has 5 nitrogen and oxygen atoms in total. The lowest BCUT2D eigenvalue weighted by atomic mass is 10.1. The Hall–Kier alpha value is -1.88. The van der Waals surface area contributed by atoms with Crippen molar-refractivity contribution in [1.82, 2.24) is 0 Å². The molecule has 1 fully saturated rings. The van der Waals surface area contributed by atoms with Gasteiger partial charge in [0.05, 0.1) is 24.3 Å². The van der Waals surface area contributed by atoms with E-state index in [0.717, 1.165) is 13.1 Å². The zero-order valence-corrected chi connectivity index (χ0v) is 10.9. The molecule has 1 aliphatic heterocycles. The van der Waals surface area contributed by atoms with Gasteiger partial charge in [0.25, 0.3) is 11.8 Å². The number of likely N-dealkylation sites (tertiary alicyclic amines) is 1. The van der Waals surface area contributed by atoms with E-state index in [1.807, 2.05) is 0 Å². The topological polar surface area (TPSA) is 76.6 Å². The maximum Gasteiger partial charge on any atom is 0.279 e. The zero-order chi connectivity index (χ0) is 13.7. The molecule has 0 saturated carbocycles. The second kappa shape index (κ2) is 6.33. The van der Waals surface area contributed by atoms with Crippen molar-refractivity contribution in [3.63, 3.8) is 0 Å². The standard InChI is InChI=1S/C14H19N3O2/c15-14(19)11-6-2-3-7-12(11)16-13(18)10-17-8-4-1-5-9-17/h2-3,6-7H,1,4-5,8-10H2,(H2,15,19)(H,16,18)/p+1. The molecule has 5 heteroatoms. The van der Waals surface area contributed by atoms with Crippen LogP contribution in [-0.2, 0) is 4.79 Å². The molecule has 2 amide bonds. The van der Waals surface area contributed by atoms with Crippen molar-refractivity contribution in [1.29, 1.82) is 0 Å². The quantitative estimate of drug-likeness (QED) is 0.702. The molecule has 0 atom stereocenters.